The minimum Gasteiger partial charge on any atom is -0.334 e. The van der Waals surface area contributed by atoms with Gasteiger partial charge in [0.1, 0.15) is 11.6 Å². The number of aromatic nitrogens is 2. The number of para-hydroxylation sites is 1. The van der Waals surface area contributed by atoms with Gasteiger partial charge >= 0.3 is 0 Å². The normalized spacial score (nSPS) is 11.4. The Bertz CT molecular complexity index is 1020. The number of rotatable bonds is 5. The molecule has 7 heteroatoms. The summed E-state index contributed by atoms with van der Waals surface area (Å²) in [6, 6.07) is 8.89. The largest absolute Gasteiger partial charge is 0.334 e. The van der Waals surface area contributed by atoms with Crippen LogP contribution in [-0.2, 0) is 4.79 Å². The van der Waals surface area contributed by atoms with E-state index < -0.39 is 17.5 Å². The highest BCUT2D eigenvalue weighted by Gasteiger charge is 2.17. The molecule has 0 radical (unpaired) electrons. The van der Waals surface area contributed by atoms with Crippen LogP contribution in [0.5, 0.6) is 0 Å². The van der Waals surface area contributed by atoms with Gasteiger partial charge in [0.2, 0.25) is 5.91 Å². The van der Waals surface area contributed by atoms with E-state index in [0.717, 1.165) is 29.8 Å². The highest BCUT2D eigenvalue weighted by Crippen LogP contribution is 2.30. The number of carbonyl (C=O) groups excluding carboxylic acids is 1. The Morgan fingerprint density at radius 1 is 1.14 bits per heavy atom. The first kappa shape index (κ1) is 19.4. The molecule has 2 aromatic carbocycles. The van der Waals surface area contributed by atoms with E-state index in [9.17, 15) is 13.6 Å². The lowest BCUT2D eigenvalue weighted by molar-refractivity contribution is -0.111. The summed E-state index contributed by atoms with van der Waals surface area (Å²) in [6.45, 7) is 5.71. The van der Waals surface area contributed by atoms with Gasteiger partial charge in [0.15, 0.2) is 5.82 Å². The highest BCUT2D eigenvalue weighted by atomic mass is 19.1. The summed E-state index contributed by atoms with van der Waals surface area (Å²) < 4.78 is 32.7. The molecule has 0 aliphatic heterocycles. The zero-order chi connectivity index (χ0) is 20.3. The monoisotopic (exact) mass is 383 g/mol. The molecule has 0 unspecified atom stereocenters. The molecule has 144 valence electrons. The van der Waals surface area contributed by atoms with Crippen LogP contribution in [-0.4, -0.2) is 16.0 Å². The molecule has 0 spiro atoms. The Morgan fingerprint density at radius 3 is 2.46 bits per heavy atom. The number of carbonyl (C=O) groups is 1. The summed E-state index contributed by atoms with van der Waals surface area (Å²) in [6.07, 6.45) is 2.17. The average molecular weight is 383 g/mol. The van der Waals surface area contributed by atoms with Gasteiger partial charge < -0.3 is 9.84 Å². The number of benzene rings is 2. The first-order chi connectivity index (χ1) is 13.4. The maximum Gasteiger partial charge on any atom is 0.260 e. The van der Waals surface area contributed by atoms with Gasteiger partial charge in [0.25, 0.3) is 5.89 Å². The summed E-state index contributed by atoms with van der Waals surface area (Å²) in [7, 11) is 0. The molecule has 0 atom stereocenters. The standard InChI is InChI=1S/C21H19F2N3O2/c1-12(2)20-25-21(28-26-20)15-7-4-6-13(3)19(15)24-18(27)11-10-14-16(22)8-5-9-17(14)23/h4-12H,1-3H3,(H,24,27). The Labute approximate surface area is 161 Å². The first-order valence-electron chi connectivity index (χ1n) is 8.73. The van der Waals surface area contributed by atoms with Gasteiger partial charge in [-0.25, -0.2) is 8.78 Å². The quantitative estimate of drug-likeness (QED) is 0.623. The number of amides is 1. The van der Waals surface area contributed by atoms with E-state index in [1.54, 1.807) is 6.07 Å². The smallest absolute Gasteiger partial charge is 0.260 e. The van der Waals surface area contributed by atoms with Crippen molar-refractivity contribution in [3.05, 3.63) is 71.1 Å². The SMILES string of the molecule is Cc1cccc(-c2nc(C(C)C)no2)c1NC(=O)C=Cc1c(F)cccc1F. The molecule has 0 saturated heterocycles. The van der Waals surface area contributed by atoms with Crippen molar-refractivity contribution in [2.75, 3.05) is 5.32 Å². The van der Waals surface area contributed by atoms with Crippen LogP contribution in [0.3, 0.4) is 0 Å². The van der Waals surface area contributed by atoms with Gasteiger partial charge in [-0.2, -0.15) is 4.98 Å². The van der Waals surface area contributed by atoms with Gasteiger partial charge in [-0.1, -0.05) is 37.2 Å². The van der Waals surface area contributed by atoms with Crippen LogP contribution in [0.15, 0.2) is 47.0 Å². The molecular formula is C21H19F2N3O2. The topological polar surface area (TPSA) is 68.0 Å². The third kappa shape index (κ3) is 4.14. The lowest BCUT2D eigenvalue weighted by atomic mass is 10.1. The molecule has 1 heterocycles. The van der Waals surface area contributed by atoms with Crippen molar-refractivity contribution in [3.63, 3.8) is 0 Å². The van der Waals surface area contributed by atoms with Gasteiger partial charge in [0, 0.05) is 17.6 Å². The second-order valence-corrected chi connectivity index (χ2v) is 6.57. The van der Waals surface area contributed by atoms with E-state index >= 15 is 0 Å². The fraction of sp³-hybridized carbons (Fsp3) is 0.190. The van der Waals surface area contributed by atoms with Crippen LogP contribution < -0.4 is 5.32 Å². The fourth-order valence-electron chi connectivity index (χ4n) is 2.58. The molecule has 1 amide bonds. The van der Waals surface area contributed by atoms with E-state index in [-0.39, 0.29) is 17.4 Å². The molecule has 0 saturated carbocycles. The average Bonchev–Trinajstić information content (AvgIpc) is 3.13. The Morgan fingerprint density at radius 2 is 1.82 bits per heavy atom. The molecule has 0 aliphatic carbocycles. The predicted octanol–water partition coefficient (Wildman–Crippen LogP) is 5.10. The summed E-state index contributed by atoms with van der Waals surface area (Å²) in [5, 5.41) is 6.67. The maximum absolute atomic E-state index is 13.7. The minimum absolute atomic E-state index is 0.0962. The molecular weight excluding hydrogens is 364 g/mol. The fourth-order valence-corrected chi connectivity index (χ4v) is 2.58. The highest BCUT2D eigenvalue weighted by molar-refractivity contribution is 6.04. The van der Waals surface area contributed by atoms with Gasteiger partial charge in [-0.15, -0.1) is 0 Å². The van der Waals surface area contributed by atoms with E-state index in [0.29, 0.717) is 17.1 Å². The Balaban J connectivity index is 1.87. The zero-order valence-corrected chi connectivity index (χ0v) is 15.7. The number of nitrogens with one attached hydrogen (secondary N) is 1. The van der Waals surface area contributed by atoms with E-state index in [1.165, 1.54) is 6.07 Å². The third-order valence-corrected chi connectivity index (χ3v) is 4.11. The van der Waals surface area contributed by atoms with Crippen LogP contribution in [0, 0.1) is 18.6 Å². The van der Waals surface area contributed by atoms with Crippen LogP contribution in [0.4, 0.5) is 14.5 Å². The second-order valence-electron chi connectivity index (χ2n) is 6.57. The van der Waals surface area contributed by atoms with Crippen molar-refractivity contribution in [1.82, 2.24) is 10.1 Å². The predicted molar refractivity (Wildman–Crippen MR) is 103 cm³/mol. The Hall–Kier alpha value is -3.35. The number of anilines is 1. The van der Waals surface area contributed by atoms with Gasteiger partial charge in [0.05, 0.1) is 11.3 Å². The number of hydrogen-bond acceptors (Lipinski definition) is 4. The van der Waals surface area contributed by atoms with Crippen LogP contribution in [0.25, 0.3) is 17.5 Å². The molecule has 0 bridgehead atoms. The number of nitrogens with zero attached hydrogens (tertiary/aromatic N) is 2. The lowest BCUT2D eigenvalue weighted by Crippen LogP contribution is -2.10. The van der Waals surface area contributed by atoms with E-state index in [4.69, 9.17) is 4.52 Å². The molecule has 28 heavy (non-hydrogen) atoms. The number of halogens is 2. The van der Waals surface area contributed by atoms with Crippen molar-refractivity contribution < 1.29 is 18.1 Å². The van der Waals surface area contributed by atoms with Crippen molar-refractivity contribution in [2.24, 2.45) is 0 Å². The Kier molecular flexibility index (Phi) is 5.63. The van der Waals surface area contributed by atoms with Crippen molar-refractivity contribution in [3.8, 4) is 11.5 Å². The van der Waals surface area contributed by atoms with Gasteiger partial charge in [-0.05, 0) is 36.8 Å². The van der Waals surface area contributed by atoms with E-state index in [1.807, 2.05) is 32.9 Å². The van der Waals surface area contributed by atoms with E-state index in [2.05, 4.69) is 15.5 Å². The second kappa shape index (κ2) is 8.12. The van der Waals surface area contributed by atoms with Crippen LogP contribution in [0.2, 0.25) is 0 Å². The van der Waals surface area contributed by atoms with Crippen LogP contribution in [0.1, 0.15) is 36.7 Å². The molecule has 3 rings (SSSR count). The third-order valence-electron chi connectivity index (χ3n) is 4.11. The number of aryl methyl sites for hydroxylation is 1. The first-order valence-corrected chi connectivity index (χ1v) is 8.73. The molecule has 0 fully saturated rings. The molecule has 5 nitrogen and oxygen atoms in total. The molecule has 1 N–H and O–H groups in total. The molecule has 3 aromatic rings. The maximum atomic E-state index is 13.7. The van der Waals surface area contributed by atoms with Crippen molar-refractivity contribution in [2.45, 2.75) is 26.7 Å². The molecule has 0 aliphatic rings. The summed E-state index contributed by atoms with van der Waals surface area (Å²) in [5.41, 5.74) is 1.56. The molecule has 1 aromatic heterocycles. The summed E-state index contributed by atoms with van der Waals surface area (Å²) in [4.78, 5) is 16.7. The van der Waals surface area contributed by atoms with Crippen LogP contribution >= 0.6 is 0 Å². The zero-order valence-electron chi connectivity index (χ0n) is 15.7. The summed E-state index contributed by atoms with van der Waals surface area (Å²) in [5.74, 6) is -1.09. The number of hydrogen-bond donors (Lipinski definition) is 1. The lowest BCUT2D eigenvalue weighted by Gasteiger charge is -2.10. The summed E-state index contributed by atoms with van der Waals surface area (Å²) >= 11 is 0. The minimum atomic E-state index is -0.743. The van der Waals surface area contributed by atoms with Crippen molar-refractivity contribution >= 4 is 17.7 Å². The van der Waals surface area contributed by atoms with Crippen molar-refractivity contribution in [1.29, 1.82) is 0 Å². The van der Waals surface area contributed by atoms with Gasteiger partial charge in [-0.3, -0.25) is 4.79 Å².